The Kier molecular flexibility index (Phi) is 4.22. The first-order valence-corrected chi connectivity index (χ1v) is 7.35. The number of hydrogen-bond acceptors (Lipinski definition) is 4. The first kappa shape index (κ1) is 16.0. The fraction of sp³-hybridized carbons (Fsp3) is 0.0588. The predicted octanol–water partition coefficient (Wildman–Crippen LogP) is 3.27. The van der Waals surface area contributed by atoms with Crippen LogP contribution in [0.1, 0.15) is 0 Å². The van der Waals surface area contributed by atoms with Crippen LogP contribution in [0.2, 0.25) is 0 Å². The van der Waals surface area contributed by atoms with Gasteiger partial charge < -0.3 is 10.1 Å². The van der Waals surface area contributed by atoms with Crippen molar-refractivity contribution in [2.45, 2.75) is 0 Å². The number of carbonyl (C=O) groups is 2. The van der Waals surface area contributed by atoms with E-state index in [1.807, 2.05) is 0 Å². The molecule has 0 unspecified atom stereocenters. The molecule has 0 aliphatic carbocycles. The lowest BCUT2D eigenvalue weighted by molar-refractivity contribution is -0.120. The maximum Gasteiger partial charge on any atom is 0.283 e. The molecule has 0 fully saturated rings. The van der Waals surface area contributed by atoms with Gasteiger partial charge in [-0.3, -0.25) is 9.59 Å². The first-order valence-electron chi connectivity index (χ1n) is 6.97. The second kappa shape index (κ2) is 6.33. The molecule has 0 spiro atoms. The molecular weight excluding hydrogens is 335 g/mol. The number of rotatable bonds is 4. The van der Waals surface area contributed by atoms with Gasteiger partial charge in [-0.05, 0) is 24.3 Å². The monoisotopic (exact) mass is 346 g/mol. The van der Waals surface area contributed by atoms with Crippen molar-refractivity contribution >= 4 is 34.8 Å². The molecule has 3 rings (SSSR count). The zero-order chi connectivity index (χ0) is 17.3. The number of imide groups is 1. The Labute approximate surface area is 142 Å². The maximum atomic E-state index is 13.9. The summed E-state index contributed by atoms with van der Waals surface area (Å²) in [6.45, 7) is 0. The van der Waals surface area contributed by atoms with Gasteiger partial charge >= 0.3 is 0 Å². The predicted molar refractivity (Wildman–Crippen MR) is 88.4 cm³/mol. The van der Waals surface area contributed by atoms with E-state index in [0.717, 1.165) is 6.07 Å². The molecular formula is C17H12ClFN2O3. The average Bonchev–Trinajstić information content (AvgIpc) is 2.80. The fourth-order valence-electron chi connectivity index (χ4n) is 2.35. The van der Waals surface area contributed by atoms with Crippen LogP contribution in [0, 0.1) is 5.82 Å². The Morgan fingerprint density at radius 2 is 1.71 bits per heavy atom. The summed E-state index contributed by atoms with van der Waals surface area (Å²) in [4.78, 5) is 25.6. The van der Waals surface area contributed by atoms with Gasteiger partial charge in [0.1, 0.15) is 22.3 Å². The van der Waals surface area contributed by atoms with E-state index >= 15 is 0 Å². The number of nitrogens with zero attached hydrogens (tertiary/aromatic N) is 1. The van der Waals surface area contributed by atoms with Crippen molar-refractivity contribution in [2.75, 3.05) is 17.3 Å². The van der Waals surface area contributed by atoms with Crippen LogP contribution >= 0.6 is 11.6 Å². The first-order chi connectivity index (χ1) is 11.5. The van der Waals surface area contributed by atoms with Gasteiger partial charge in [-0.2, -0.15) is 0 Å². The lowest BCUT2D eigenvalue weighted by Crippen LogP contribution is -2.33. The summed E-state index contributed by atoms with van der Waals surface area (Å²) < 4.78 is 19.1. The average molecular weight is 347 g/mol. The molecule has 0 bridgehead atoms. The highest BCUT2D eigenvalue weighted by atomic mass is 35.5. The summed E-state index contributed by atoms with van der Waals surface area (Å²) in [5.74, 6) is -1.74. The molecule has 0 aromatic heterocycles. The van der Waals surface area contributed by atoms with Crippen LogP contribution in [0.3, 0.4) is 0 Å². The third-order valence-corrected chi connectivity index (χ3v) is 3.84. The molecule has 122 valence electrons. The second-order valence-corrected chi connectivity index (χ2v) is 5.29. The minimum atomic E-state index is -0.788. The summed E-state index contributed by atoms with van der Waals surface area (Å²) in [7, 11) is 1.48. The number of ether oxygens (including phenoxy) is 1. The van der Waals surface area contributed by atoms with E-state index < -0.39 is 17.6 Å². The zero-order valence-corrected chi connectivity index (χ0v) is 13.3. The minimum Gasteiger partial charge on any atom is -0.495 e. The molecule has 1 aliphatic rings. The third-order valence-electron chi connectivity index (χ3n) is 3.49. The summed E-state index contributed by atoms with van der Waals surface area (Å²) in [6.07, 6.45) is 0. The Balaban J connectivity index is 1.97. The van der Waals surface area contributed by atoms with Gasteiger partial charge in [0.15, 0.2) is 0 Å². The summed E-state index contributed by atoms with van der Waals surface area (Å²) in [5.41, 5.74) is 0.182. The molecule has 2 amide bonds. The van der Waals surface area contributed by atoms with Crippen molar-refractivity contribution in [3.8, 4) is 5.75 Å². The number of methoxy groups -OCH3 is 1. The minimum absolute atomic E-state index is 0.130. The third kappa shape index (κ3) is 2.61. The van der Waals surface area contributed by atoms with E-state index in [9.17, 15) is 14.0 Å². The van der Waals surface area contributed by atoms with Crippen molar-refractivity contribution in [1.29, 1.82) is 0 Å². The summed E-state index contributed by atoms with van der Waals surface area (Å²) >= 11 is 6.01. The fourth-order valence-corrected chi connectivity index (χ4v) is 2.56. The molecule has 0 saturated heterocycles. The second-order valence-electron chi connectivity index (χ2n) is 4.91. The lowest BCUT2D eigenvalue weighted by atomic mass is 10.2. The normalized spacial score (nSPS) is 14.4. The van der Waals surface area contributed by atoms with Crippen molar-refractivity contribution < 1.29 is 18.7 Å². The van der Waals surface area contributed by atoms with Crippen LogP contribution in [-0.2, 0) is 9.59 Å². The number of amides is 2. The largest absolute Gasteiger partial charge is 0.495 e. The van der Waals surface area contributed by atoms with Gasteiger partial charge in [0.05, 0.1) is 18.5 Å². The van der Waals surface area contributed by atoms with Gasteiger partial charge in [-0.15, -0.1) is 0 Å². The number of carbonyl (C=O) groups excluding carboxylic acids is 2. The van der Waals surface area contributed by atoms with Crippen LogP contribution in [0.25, 0.3) is 0 Å². The SMILES string of the molecule is COc1ccccc1NC1=C(Cl)C(=O)N(c2ccccc2F)C1=O. The van der Waals surface area contributed by atoms with Gasteiger partial charge in [0, 0.05) is 0 Å². The van der Waals surface area contributed by atoms with Crippen LogP contribution in [-0.4, -0.2) is 18.9 Å². The van der Waals surface area contributed by atoms with E-state index in [1.54, 1.807) is 24.3 Å². The topological polar surface area (TPSA) is 58.6 Å². The smallest absolute Gasteiger partial charge is 0.283 e. The number of hydrogen-bond donors (Lipinski definition) is 1. The standard InChI is InChI=1S/C17H12ClFN2O3/c1-24-13-9-5-3-7-11(13)20-15-14(18)16(22)21(17(15)23)12-8-4-2-6-10(12)19/h2-9,20H,1H3. The molecule has 0 radical (unpaired) electrons. The van der Waals surface area contributed by atoms with Gasteiger partial charge in [-0.25, -0.2) is 9.29 Å². The number of benzene rings is 2. The lowest BCUT2D eigenvalue weighted by Gasteiger charge is -2.16. The van der Waals surface area contributed by atoms with E-state index in [0.29, 0.717) is 16.3 Å². The number of para-hydroxylation sites is 3. The Bertz CT molecular complexity index is 866. The Morgan fingerprint density at radius 3 is 2.42 bits per heavy atom. The summed E-state index contributed by atoms with van der Waals surface area (Å²) in [5, 5.41) is 2.49. The van der Waals surface area contributed by atoms with E-state index in [-0.39, 0.29) is 16.4 Å². The van der Waals surface area contributed by atoms with Gasteiger partial charge in [-0.1, -0.05) is 35.9 Å². The van der Waals surface area contributed by atoms with Crippen molar-refractivity contribution in [3.05, 3.63) is 65.1 Å². The highest BCUT2D eigenvalue weighted by Crippen LogP contribution is 2.33. The molecule has 2 aromatic rings. The van der Waals surface area contributed by atoms with Gasteiger partial charge in [0.2, 0.25) is 0 Å². The van der Waals surface area contributed by atoms with Crippen LogP contribution < -0.4 is 15.0 Å². The van der Waals surface area contributed by atoms with Crippen LogP contribution in [0.15, 0.2) is 59.3 Å². The zero-order valence-electron chi connectivity index (χ0n) is 12.5. The van der Waals surface area contributed by atoms with E-state index in [4.69, 9.17) is 16.3 Å². The van der Waals surface area contributed by atoms with Gasteiger partial charge in [0.25, 0.3) is 11.8 Å². The van der Waals surface area contributed by atoms with Crippen molar-refractivity contribution in [1.82, 2.24) is 0 Å². The molecule has 1 aliphatic heterocycles. The maximum absolute atomic E-state index is 13.9. The van der Waals surface area contributed by atoms with Crippen LogP contribution in [0.5, 0.6) is 5.75 Å². The molecule has 2 aromatic carbocycles. The highest BCUT2D eigenvalue weighted by Gasteiger charge is 2.40. The molecule has 7 heteroatoms. The Morgan fingerprint density at radius 1 is 1.04 bits per heavy atom. The number of anilines is 2. The van der Waals surface area contributed by atoms with Crippen molar-refractivity contribution in [3.63, 3.8) is 0 Å². The quantitative estimate of drug-likeness (QED) is 0.863. The van der Waals surface area contributed by atoms with Crippen LogP contribution in [0.4, 0.5) is 15.8 Å². The molecule has 0 atom stereocenters. The summed E-state index contributed by atoms with van der Waals surface area (Å²) in [6, 6.07) is 12.3. The molecule has 5 nitrogen and oxygen atoms in total. The Hall–Kier alpha value is -2.86. The number of nitrogens with one attached hydrogen (secondary N) is 1. The molecule has 1 heterocycles. The molecule has 24 heavy (non-hydrogen) atoms. The van der Waals surface area contributed by atoms with Crippen molar-refractivity contribution in [2.24, 2.45) is 0 Å². The highest BCUT2D eigenvalue weighted by molar-refractivity contribution is 6.53. The van der Waals surface area contributed by atoms with E-state index in [2.05, 4.69) is 5.32 Å². The molecule has 1 N–H and O–H groups in total. The van der Waals surface area contributed by atoms with E-state index in [1.165, 1.54) is 25.3 Å². The molecule has 0 saturated carbocycles. The number of halogens is 2.